The van der Waals surface area contributed by atoms with Gasteiger partial charge in [0.05, 0.1) is 11.5 Å². The van der Waals surface area contributed by atoms with Crippen LogP contribution in [-0.2, 0) is 0 Å². The van der Waals surface area contributed by atoms with E-state index in [-0.39, 0.29) is 6.10 Å². The molecule has 4 nitrogen and oxygen atoms in total. The second-order valence-corrected chi connectivity index (χ2v) is 9.15. The van der Waals surface area contributed by atoms with E-state index in [0.717, 1.165) is 42.2 Å². The van der Waals surface area contributed by atoms with Gasteiger partial charge in [-0.1, -0.05) is 30.3 Å². The van der Waals surface area contributed by atoms with E-state index in [1.165, 1.54) is 29.4 Å². The first-order valence-corrected chi connectivity index (χ1v) is 11.0. The maximum atomic E-state index is 10.3. The van der Waals surface area contributed by atoms with Gasteiger partial charge in [-0.3, -0.25) is 0 Å². The second-order valence-electron chi connectivity index (χ2n) is 8.29. The third-order valence-electron chi connectivity index (χ3n) is 6.41. The highest BCUT2D eigenvalue weighted by Crippen LogP contribution is 2.47. The van der Waals surface area contributed by atoms with Crippen LogP contribution in [0, 0.1) is 0 Å². The van der Waals surface area contributed by atoms with Crippen molar-refractivity contribution in [1.82, 2.24) is 9.97 Å². The van der Waals surface area contributed by atoms with Crippen molar-refractivity contribution in [2.45, 2.75) is 62.6 Å². The van der Waals surface area contributed by atoms with Crippen LogP contribution < -0.4 is 4.90 Å². The summed E-state index contributed by atoms with van der Waals surface area (Å²) in [5.74, 6) is 2.70. The van der Waals surface area contributed by atoms with Crippen LogP contribution in [-0.4, -0.2) is 33.3 Å². The lowest BCUT2D eigenvalue weighted by Crippen LogP contribution is -2.45. The molecule has 1 aliphatic carbocycles. The molecule has 2 bridgehead atoms. The highest BCUT2D eigenvalue weighted by molar-refractivity contribution is 7.17. The number of hydrogen-bond donors (Lipinski definition) is 1. The Labute approximate surface area is 162 Å². The summed E-state index contributed by atoms with van der Waals surface area (Å²) in [7, 11) is 0. The van der Waals surface area contributed by atoms with E-state index in [9.17, 15) is 5.11 Å². The monoisotopic (exact) mass is 377 g/mol. The largest absolute Gasteiger partial charge is 0.393 e. The number of aliphatic hydroxyl groups excluding tert-OH is 1. The van der Waals surface area contributed by atoms with Crippen molar-refractivity contribution in [2.24, 2.45) is 0 Å². The zero-order valence-electron chi connectivity index (χ0n) is 15.2. The van der Waals surface area contributed by atoms with Crippen LogP contribution in [0.25, 0.3) is 21.3 Å². The van der Waals surface area contributed by atoms with E-state index < -0.39 is 0 Å². The molecule has 27 heavy (non-hydrogen) atoms. The molecule has 2 aromatic heterocycles. The summed E-state index contributed by atoms with van der Waals surface area (Å²) in [5.41, 5.74) is 2.48. The maximum absolute atomic E-state index is 10.3. The molecule has 0 amide bonds. The highest BCUT2D eigenvalue weighted by Gasteiger charge is 2.42. The minimum absolute atomic E-state index is 0.157. The molecule has 3 aromatic rings. The molecule has 1 N–H and O–H groups in total. The summed E-state index contributed by atoms with van der Waals surface area (Å²) in [6, 6.07) is 11.4. The Morgan fingerprint density at radius 2 is 1.70 bits per heavy atom. The van der Waals surface area contributed by atoms with Gasteiger partial charge in [0.2, 0.25) is 0 Å². The number of piperidine rings is 1. The normalized spacial score (nSPS) is 27.4. The lowest BCUT2D eigenvalue weighted by molar-refractivity contribution is 0.126. The number of aliphatic hydroxyl groups is 1. The Hall–Kier alpha value is -1.98. The SMILES string of the molecule is OC1CC2CCC(C1)N2c1nc(C2CC2)nc2scc(-c3ccccc3)c12. The fourth-order valence-electron chi connectivity index (χ4n) is 4.97. The lowest BCUT2D eigenvalue weighted by Gasteiger charge is -2.38. The average molecular weight is 378 g/mol. The number of fused-ring (bicyclic) bond motifs is 3. The Balaban J connectivity index is 1.57. The molecule has 6 rings (SSSR count). The fraction of sp³-hybridized carbons (Fsp3) is 0.455. The molecule has 2 atom stereocenters. The molecule has 1 saturated carbocycles. The first kappa shape index (κ1) is 16.0. The summed E-state index contributed by atoms with van der Waals surface area (Å²) < 4.78 is 0. The van der Waals surface area contributed by atoms with Crippen molar-refractivity contribution >= 4 is 27.4 Å². The van der Waals surface area contributed by atoms with Crippen molar-refractivity contribution in [3.8, 4) is 11.1 Å². The van der Waals surface area contributed by atoms with Crippen LogP contribution in [0.2, 0.25) is 0 Å². The van der Waals surface area contributed by atoms with E-state index in [2.05, 4.69) is 40.6 Å². The third kappa shape index (κ3) is 2.59. The average Bonchev–Trinajstić information content (AvgIpc) is 3.39. The number of rotatable bonds is 3. The molecule has 138 valence electrons. The number of benzene rings is 1. The minimum atomic E-state index is -0.157. The van der Waals surface area contributed by atoms with Gasteiger partial charge >= 0.3 is 0 Å². The van der Waals surface area contributed by atoms with E-state index in [4.69, 9.17) is 9.97 Å². The van der Waals surface area contributed by atoms with E-state index in [0.29, 0.717) is 18.0 Å². The summed E-state index contributed by atoms with van der Waals surface area (Å²) in [6.45, 7) is 0. The standard InChI is InChI=1S/C22H23N3OS/c26-17-10-15-8-9-16(11-17)25(15)21-19-18(13-4-2-1-3-5-13)12-27-22(19)24-20(23-21)14-6-7-14/h1-5,12,14-17,26H,6-11H2. The predicted octanol–water partition coefficient (Wildman–Crippen LogP) is 4.73. The zero-order chi connectivity index (χ0) is 18.0. The quantitative estimate of drug-likeness (QED) is 0.717. The van der Waals surface area contributed by atoms with Crippen LogP contribution in [0.3, 0.4) is 0 Å². The summed E-state index contributed by atoms with van der Waals surface area (Å²) in [4.78, 5) is 13.8. The van der Waals surface area contributed by atoms with Crippen molar-refractivity contribution in [3.63, 3.8) is 0 Å². The molecule has 2 aliphatic heterocycles. The van der Waals surface area contributed by atoms with E-state index in [1.54, 1.807) is 11.3 Å². The van der Waals surface area contributed by atoms with Crippen LogP contribution in [0.1, 0.15) is 50.3 Å². The van der Waals surface area contributed by atoms with Crippen molar-refractivity contribution in [3.05, 3.63) is 41.5 Å². The zero-order valence-corrected chi connectivity index (χ0v) is 16.0. The smallest absolute Gasteiger partial charge is 0.142 e. The Kier molecular flexibility index (Phi) is 3.57. The molecular weight excluding hydrogens is 354 g/mol. The third-order valence-corrected chi connectivity index (χ3v) is 7.28. The van der Waals surface area contributed by atoms with Crippen molar-refractivity contribution < 1.29 is 5.11 Å². The van der Waals surface area contributed by atoms with Crippen molar-refractivity contribution in [2.75, 3.05) is 4.90 Å². The van der Waals surface area contributed by atoms with Gasteiger partial charge in [-0.05, 0) is 44.1 Å². The fourth-order valence-corrected chi connectivity index (χ4v) is 5.92. The van der Waals surface area contributed by atoms with Gasteiger partial charge in [-0.25, -0.2) is 9.97 Å². The summed E-state index contributed by atoms with van der Waals surface area (Å²) in [5, 5.41) is 13.7. The van der Waals surface area contributed by atoms with Crippen molar-refractivity contribution in [1.29, 1.82) is 0 Å². The second kappa shape index (κ2) is 6.01. The van der Waals surface area contributed by atoms with E-state index in [1.807, 2.05) is 0 Å². The number of aromatic nitrogens is 2. The predicted molar refractivity (Wildman–Crippen MR) is 109 cm³/mol. The Morgan fingerprint density at radius 1 is 0.963 bits per heavy atom. The molecule has 0 spiro atoms. The van der Waals surface area contributed by atoms with Gasteiger partial charge in [-0.15, -0.1) is 11.3 Å². The molecule has 3 fully saturated rings. The topological polar surface area (TPSA) is 49.2 Å². The Morgan fingerprint density at radius 3 is 2.41 bits per heavy atom. The van der Waals surface area contributed by atoms with Crippen LogP contribution >= 0.6 is 11.3 Å². The highest BCUT2D eigenvalue weighted by atomic mass is 32.1. The molecule has 1 aromatic carbocycles. The molecule has 5 heteroatoms. The first-order chi connectivity index (χ1) is 13.3. The van der Waals surface area contributed by atoms with Crippen LogP contribution in [0.4, 0.5) is 5.82 Å². The lowest BCUT2D eigenvalue weighted by atomic mass is 9.98. The van der Waals surface area contributed by atoms with Crippen LogP contribution in [0.15, 0.2) is 35.7 Å². The molecule has 0 radical (unpaired) electrons. The van der Waals surface area contributed by atoms with Gasteiger partial charge in [0.15, 0.2) is 0 Å². The maximum Gasteiger partial charge on any atom is 0.142 e. The number of hydrogen-bond acceptors (Lipinski definition) is 5. The van der Waals surface area contributed by atoms with Gasteiger partial charge in [0.25, 0.3) is 0 Å². The summed E-state index contributed by atoms with van der Waals surface area (Å²) >= 11 is 1.74. The molecule has 3 aliphatic rings. The van der Waals surface area contributed by atoms with Crippen LogP contribution in [0.5, 0.6) is 0 Å². The number of nitrogens with zero attached hydrogens (tertiary/aromatic N) is 3. The number of anilines is 1. The summed E-state index contributed by atoms with van der Waals surface area (Å²) in [6.07, 6.45) is 6.33. The molecular formula is C22H23N3OS. The van der Waals surface area contributed by atoms with E-state index >= 15 is 0 Å². The molecule has 2 saturated heterocycles. The van der Waals surface area contributed by atoms with Gasteiger partial charge in [0, 0.05) is 28.9 Å². The molecule has 4 heterocycles. The minimum Gasteiger partial charge on any atom is -0.393 e. The Bertz CT molecular complexity index is 983. The molecule has 2 unspecified atom stereocenters. The van der Waals surface area contributed by atoms with Gasteiger partial charge in [0.1, 0.15) is 16.5 Å². The first-order valence-electron chi connectivity index (χ1n) is 10.1. The number of thiophene rings is 1. The van der Waals surface area contributed by atoms with Gasteiger partial charge in [-0.2, -0.15) is 0 Å². The van der Waals surface area contributed by atoms with Gasteiger partial charge < -0.3 is 10.0 Å².